The van der Waals surface area contributed by atoms with Gasteiger partial charge in [0.25, 0.3) is 0 Å². The number of aryl methyl sites for hydroxylation is 3. The smallest absolute Gasteiger partial charge is 0.278 e. The van der Waals surface area contributed by atoms with Gasteiger partial charge in [0.15, 0.2) is 5.52 Å². The second-order valence-electron chi connectivity index (χ2n) is 8.19. The summed E-state index contributed by atoms with van der Waals surface area (Å²) in [5, 5.41) is 1.30. The zero-order valence-corrected chi connectivity index (χ0v) is 16.8. The molecule has 0 atom stereocenters. The molecule has 4 nitrogen and oxygen atoms in total. The molecule has 0 aliphatic carbocycles. The summed E-state index contributed by atoms with van der Waals surface area (Å²) in [6.07, 6.45) is 0. The Morgan fingerprint density at radius 2 is 1.63 bits per heavy atom. The second kappa shape index (κ2) is 5.10. The van der Waals surface area contributed by atoms with Crippen molar-refractivity contribution in [1.29, 1.82) is 0 Å². The summed E-state index contributed by atoms with van der Waals surface area (Å²) in [4.78, 5) is 5.10. The van der Waals surface area contributed by atoms with E-state index in [9.17, 15) is 0 Å². The van der Waals surface area contributed by atoms with Crippen LogP contribution in [0.5, 0.6) is 0 Å². The highest BCUT2D eigenvalue weighted by Crippen LogP contribution is 2.41. The van der Waals surface area contributed by atoms with Gasteiger partial charge in [0.1, 0.15) is 11.1 Å². The van der Waals surface area contributed by atoms with Crippen LogP contribution in [0.3, 0.4) is 0 Å². The Hall–Kier alpha value is -2.88. The van der Waals surface area contributed by atoms with Gasteiger partial charge < -0.3 is 0 Å². The lowest BCUT2D eigenvalue weighted by Gasteiger charge is -2.18. The van der Waals surface area contributed by atoms with Crippen LogP contribution in [0.1, 0.15) is 31.9 Å². The number of nitrogens with zero attached hydrogens (tertiary/aromatic N) is 4. The lowest BCUT2D eigenvalue weighted by Crippen LogP contribution is -2.32. The topological polar surface area (TPSA) is 25.8 Å². The third kappa shape index (κ3) is 1.88. The Labute approximate surface area is 159 Å². The van der Waals surface area contributed by atoms with E-state index >= 15 is 0 Å². The molecule has 2 aromatic carbocycles. The van der Waals surface area contributed by atoms with Crippen molar-refractivity contribution in [2.24, 2.45) is 7.05 Å². The molecule has 0 unspecified atom stereocenters. The highest BCUT2D eigenvalue weighted by Gasteiger charge is 2.45. The number of hydrogen-bond donors (Lipinski definition) is 0. The van der Waals surface area contributed by atoms with Gasteiger partial charge in [-0.15, -0.1) is 4.98 Å². The Kier molecular flexibility index (Phi) is 3.08. The molecule has 27 heavy (non-hydrogen) atoms. The molecule has 4 heteroatoms. The molecule has 0 amide bonds. The molecule has 0 N–H and O–H groups in total. The van der Waals surface area contributed by atoms with Crippen LogP contribution in [0, 0.1) is 13.8 Å². The molecule has 0 spiro atoms. The lowest BCUT2D eigenvalue weighted by atomic mass is 9.99. The van der Waals surface area contributed by atoms with Crippen LogP contribution in [0.2, 0.25) is 0 Å². The average Bonchev–Trinajstić information content (AvgIpc) is 3.21. The first-order chi connectivity index (χ1) is 12.8. The molecule has 2 aromatic heterocycles. The van der Waals surface area contributed by atoms with Gasteiger partial charge in [0.05, 0.1) is 11.2 Å². The number of benzene rings is 2. The summed E-state index contributed by atoms with van der Waals surface area (Å²) in [5.74, 6) is 2.21. The predicted molar refractivity (Wildman–Crippen MR) is 114 cm³/mol. The van der Waals surface area contributed by atoms with Crippen LogP contribution >= 0.6 is 0 Å². The fraction of sp³-hybridized carbons (Fsp3) is 0.304. The van der Waals surface area contributed by atoms with E-state index in [1.54, 1.807) is 0 Å². The maximum atomic E-state index is 5.10. The minimum atomic E-state index is -0.138. The van der Waals surface area contributed by atoms with E-state index in [4.69, 9.17) is 4.98 Å². The monoisotopic (exact) mass is 357 g/mol. The molecule has 1 aliphatic heterocycles. The summed E-state index contributed by atoms with van der Waals surface area (Å²) in [6, 6.07) is 15.1. The third-order valence-corrected chi connectivity index (χ3v) is 6.38. The highest BCUT2D eigenvalue weighted by molar-refractivity contribution is 6.01. The lowest BCUT2D eigenvalue weighted by molar-refractivity contribution is 0.528. The normalized spacial score (nSPS) is 15.9. The summed E-state index contributed by atoms with van der Waals surface area (Å²) in [6.45, 7) is 11.2. The zero-order valence-electron chi connectivity index (χ0n) is 16.8. The number of para-hydroxylation sites is 2. The van der Waals surface area contributed by atoms with Crippen LogP contribution in [-0.2, 0) is 12.6 Å². The SMILES string of the molecule is CC1=[N+](c2c(C)c3ccccc3n2C)c2nc3c(C)cccc3n2C1(C)C. The standard InChI is InChI=1S/C23H25N4/c1-14-10-9-13-19-20(14)24-22-26(16(3)23(4,5)27(19)22)21-15(2)17-11-7-8-12-18(17)25(21)6/h7-13H,1-6H3/q+1. The van der Waals surface area contributed by atoms with Gasteiger partial charge in [-0.1, -0.05) is 30.3 Å². The van der Waals surface area contributed by atoms with Crippen LogP contribution in [0.25, 0.3) is 21.9 Å². The van der Waals surface area contributed by atoms with E-state index < -0.39 is 0 Å². The van der Waals surface area contributed by atoms with Gasteiger partial charge in [-0.25, -0.2) is 4.57 Å². The van der Waals surface area contributed by atoms with Gasteiger partial charge >= 0.3 is 5.95 Å². The van der Waals surface area contributed by atoms with Crippen molar-refractivity contribution in [2.75, 3.05) is 0 Å². The number of imidazole rings is 1. The molecule has 5 rings (SSSR count). The van der Waals surface area contributed by atoms with E-state index in [0.29, 0.717) is 0 Å². The van der Waals surface area contributed by atoms with E-state index in [2.05, 4.69) is 97.8 Å². The van der Waals surface area contributed by atoms with Gasteiger partial charge in [0.2, 0.25) is 5.82 Å². The molecule has 136 valence electrons. The van der Waals surface area contributed by atoms with Gasteiger partial charge in [-0.3, -0.25) is 4.57 Å². The molecule has 0 bridgehead atoms. The van der Waals surface area contributed by atoms with E-state index in [1.165, 1.54) is 39.1 Å². The molecule has 0 radical (unpaired) electrons. The average molecular weight is 357 g/mol. The van der Waals surface area contributed by atoms with Crippen LogP contribution in [0.15, 0.2) is 42.5 Å². The quantitative estimate of drug-likeness (QED) is 0.431. The van der Waals surface area contributed by atoms with Crippen molar-refractivity contribution in [3.05, 3.63) is 53.6 Å². The van der Waals surface area contributed by atoms with Gasteiger partial charge in [-0.2, -0.15) is 4.58 Å². The minimum Gasteiger partial charge on any atom is -0.278 e. The molecule has 4 aromatic rings. The summed E-state index contributed by atoms with van der Waals surface area (Å²) < 4.78 is 7.04. The van der Waals surface area contributed by atoms with Crippen molar-refractivity contribution >= 4 is 39.4 Å². The van der Waals surface area contributed by atoms with Crippen molar-refractivity contribution in [2.45, 2.75) is 40.2 Å². The first-order valence-corrected chi connectivity index (χ1v) is 9.50. The summed E-state index contributed by atoms with van der Waals surface area (Å²) >= 11 is 0. The number of hydrogen-bond acceptors (Lipinski definition) is 1. The molecule has 0 fully saturated rings. The Morgan fingerprint density at radius 3 is 2.37 bits per heavy atom. The highest BCUT2D eigenvalue weighted by atomic mass is 15.4. The second-order valence-corrected chi connectivity index (χ2v) is 8.19. The number of aromatic nitrogens is 3. The maximum Gasteiger partial charge on any atom is 0.360 e. The van der Waals surface area contributed by atoms with Crippen molar-refractivity contribution in [3.8, 4) is 0 Å². The summed E-state index contributed by atoms with van der Waals surface area (Å²) in [7, 11) is 2.15. The Bertz CT molecular complexity index is 1240. The van der Waals surface area contributed by atoms with Crippen LogP contribution < -0.4 is 4.58 Å². The minimum absolute atomic E-state index is 0.138. The van der Waals surface area contributed by atoms with E-state index in [0.717, 1.165) is 11.5 Å². The molecular weight excluding hydrogens is 332 g/mol. The Morgan fingerprint density at radius 1 is 0.926 bits per heavy atom. The largest absolute Gasteiger partial charge is 0.360 e. The van der Waals surface area contributed by atoms with E-state index in [1.807, 2.05) is 0 Å². The fourth-order valence-corrected chi connectivity index (χ4v) is 4.65. The first kappa shape index (κ1) is 16.3. The van der Waals surface area contributed by atoms with Crippen molar-refractivity contribution in [1.82, 2.24) is 18.7 Å². The molecule has 0 saturated carbocycles. The maximum absolute atomic E-state index is 5.10. The molecular formula is C23H25N4+. The van der Waals surface area contributed by atoms with Crippen LogP contribution in [0.4, 0.5) is 11.8 Å². The fourth-order valence-electron chi connectivity index (χ4n) is 4.65. The molecule has 1 aliphatic rings. The van der Waals surface area contributed by atoms with E-state index in [-0.39, 0.29) is 5.54 Å². The number of rotatable bonds is 1. The van der Waals surface area contributed by atoms with Crippen molar-refractivity contribution in [3.63, 3.8) is 0 Å². The first-order valence-electron chi connectivity index (χ1n) is 9.50. The van der Waals surface area contributed by atoms with Gasteiger partial charge in [-0.05, 0) is 52.3 Å². The molecule has 3 heterocycles. The third-order valence-electron chi connectivity index (χ3n) is 6.38. The predicted octanol–water partition coefficient (Wildman–Crippen LogP) is 5.19. The van der Waals surface area contributed by atoms with Crippen LogP contribution in [-0.4, -0.2) is 19.8 Å². The van der Waals surface area contributed by atoms with Crippen molar-refractivity contribution < 1.29 is 0 Å². The zero-order chi connectivity index (χ0) is 19.1. The number of fused-ring (bicyclic) bond motifs is 4. The summed E-state index contributed by atoms with van der Waals surface area (Å²) in [5.41, 5.74) is 7.21. The van der Waals surface area contributed by atoms with Gasteiger partial charge in [0, 0.05) is 18.0 Å². The molecule has 0 saturated heterocycles. The Balaban J connectivity index is 1.92.